The molecule has 2 rings (SSSR count). The van der Waals surface area contributed by atoms with Gasteiger partial charge in [0.25, 0.3) is 0 Å². The number of rotatable bonds is 6. The van der Waals surface area contributed by atoms with Gasteiger partial charge in [-0.3, -0.25) is 9.59 Å². The summed E-state index contributed by atoms with van der Waals surface area (Å²) in [5, 5.41) is 2.91. The van der Waals surface area contributed by atoms with Gasteiger partial charge in [-0.05, 0) is 31.9 Å². The van der Waals surface area contributed by atoms with Crippen molar-refractivity contribution in [1.82, 2.24) is 10.3 Å². The van der Waals surface area contributed by atoms with E-state index in [1.807, 2.05) is 38.1 Å². The number of methoxy groups -OCH3 is 1. The molecule has 1 atom stereocenters. The van der Waals surface area contributed by atoms with Gasteiger partial charge in [-0.25, -0.2) is 4.79 Å². The zero-order chi connectivity index (χ0) is 19.4. The number of amides is 1. The van der Waals surface area contributed by atoms with Gasteiger partial charge in [-0.2, -0.15) is 0 Å². The second-order valence-electron chi connectivity index (χ2n) is 6.40. The van der Waals surface area contributed by atoms with E-state index in [0.717, 1.165) is 11.1 Å². The second kappa shape index (κ2) is 7.99. The number of benzene rings is 1. The average molecular weight is 356 g/mol. The summed E-state index contributed by atoms with van der Waals surface area (Å²) < 4.78 is 4.79. The number of H-pyrrole nitrogens is 1. The topological polar surface area (TPSA) is 88.3 Å². The van der Waals surface area contributed by atoms with E-state index in [-0.39, 0.29) is 29.7 Å². The Hall–Kier alpha value is -2.89. The predicted octanol–water partition coefficient (Wildman–Crippen LogP) is 3.04. The molecule has 6 heteroatoms. The molecule has 2 N–H and O–H groups in total. The highest BCUT2D eigenvalue weighted by atomic mass is 16.5. The molecule has 1 amide bonds. The fourth-order valence-corrected chi connectivity index (χ4v) is 2.91. The molecule has 1 aromatic carbocycles. The quantitative estimate of drug-likeness (QED) is 0.615. The monoisotopic (exact) mass is 356 g/mol. The molecule has 2 aromatic rings. The first-order valence-electron chi connectivity index (χ1n) is 8.41. The molecule has 1 aromatic heterocycles. The first-order chi connectivity index (χ1) is 12.2. The van der Waals surface area contributed by atoms with Crippen molar-refractivity contribution in [2.24, 2.45) is 0 Å². The Balaban J connectivity index is 2.20. The van der Waals surface area contributed by atoms with E-state index in [1.54, 1.807) is 6.92 Å². The number of Topliss-reactive ketones (excluding diaryl/α,β-unsaturated/α-hetero) is 1. The van der Waals surface area contributed by atoms with E-state index < -0.39 is 5.97 Å². The van der Waals surface area contributed by atoms with Crippen LogP contribution in [0.25, 0.3) is 0 Å². The van der Waals surface area contributed by atoms with Crippen molar-refractivity contribution in [3.63, 3.8) is 0 Å². The van der Waals surface area contributed by atoms with E-state index in [9.17, 15) is 14.4 Å². The maximum atomic E-state index is 12.4. The number of hydrogen-bond donors (Lipinski definition) is 2. The molecular formula is C20H24N2O4. The molecule has 0 aliphatic heterocycles. The largest absolute Gasteiger partial charge is 0.465 e. The summed E-state index contributed by atoms with van der Waals surface area (Å²) in [6.07, 6.45) is -0.0469. The van der Waals surface area contributed by atoms with Crippen molar-refractivity contribution in [3.05, 3.63) is 57.9 Å². The average Bonchev–Trinajstić information content (AvgIpc) is 2.91. The smallest absolute Gasteiger partial charge is 0.339 e. The molecule has 26 heavy (non-hydrogen) atoms. The number of esters is 1. The zero-order valence-electron chi connectivity index (χ0n) is 15.7. The van der Waals surface area contributed by atoms with Crippen LogP contribution >= 0.6 is 0 Å². The molecule has 0 fully saturated rings. The number of hydrogen-bond acceptors (Lipinski definition) is 4. The summed E-state index contributed by atoms with van der Waals surface area (Å²) in [5.74, 6) is -1.02. The minimum atomic E-state index is -0.569. The molecule has 0 radical (unpaired) electrons. The van der Waals surface area contributed by atoms with Crippen LogP contribution in [0.3, 0.4) is 0 Å². The lowest BCUT2D eigenvalue weighted by atomic mass is 10.1. The Morgan fingerprint density at radius 1 is 1.15 bits per heavy atom. The van der Waals surface area contributed by atoms with Gasteiger partial charge in [0.05, 0.1) is 30.8 Å². The van der Waals surface area contributed by atoms with E-state index in [1.165, 1.54) is 14.0 Å². The van der Waals surface area contributed by atoms with E-state index in [2.05, 4.69) is 10.3 Å². The minimum absolute atomic E-state index is 0.0469. The molecule has 0 aliphatic rings. The van der Waals surface area contributed by atoms with E-state index >= 15 is 0 Å². The summed E-state index contributed by atoms with van der Waals surface area (Å²) in [5.41, 5.74) is 3.58. The number of ketones is 1. The second-order valence-corrected chi connectivity index (χ2v) is 6.40. The highest BCUT2D eigenvalue weighted by Gasteiger charge is 2.24. The Bertz CT molecular complexity index is 834. The van der Waals surface area contributed by atoms with Crippen molar-refractivity contribution in [1.29, 1.82) is 0 Å². The number of carbonyl (C=O) groups excluding carboxylic acids is 3. The maximum absolute atomic E-state index is 12.4. The van der Waals surface area contributed by atoms with Crippen molar-refractivity contribution in [3.8, 4) is 0 Å². The van der Waals surface area contributed by atoms with Crippen LogP contribution in [-0.4, -0.2) is 29.8 Å². The SMILES string of the molecule is COC(=O)c1c(CC(=O)NC(C)c2ccc(C)cc2)[nH]c(C(C)=O)c1C. The fraction of sp³-hybridized carbons (Fsp3) is 0.350. The molecule has 138 valence electrons. The number of carbonyl (C=O) groups is 3. The number of aromatic amines is 1. The third-order valence-electron chi connectivity index (χ3n) is 4.36. The lowest BCUT2D eigenvalue weighted by Gasteiger charge is -2.14. The van der Waals surface area contributed by atoms with E-state index in [0.29, 0.717) is 17.0 Å². The summed E-state index contributed by atoms with van der Waals surface area (Å²) in [6.45, 7) is 6.96. The maximum Gasteiger partial charge on any atom is 0.339 e. The zero-order valence-corrected chi connectivity index (χ0v) is 15.7. The number of aryl methyl sites for hydroxylation is 1. The Kier molecular flexibility index (Phi) is 5.97. The number of nitrogens with one attached hydrogen (secondary N) is 2. The first kappa shape index (κ1) is 19.4. The first-order valence-corrected chi connectivity index (χ1v) is 8.41. The van der Waals surface area contributed by atoms with Crippen molar-refractivity contribution >= 4 is 17.7 Å². The normalized spacial score (nSPS) is 11.7. The third kappa shape index (κ3) is 4.20. The standard InChI is InChI=1S/C20H24N2O4/c1-11-6-8-15(9-7-11)13(3)21-17(24)10-16-18(20(25)26-5)12(2)19(22-16)14(4)23/h6-9,13,22H,10H2,1-5H3,(H,21,24). The van der Waals surface area contributed by atoms with Crippen LogP contribution in [0.5, 0.6) is 0 Å². The molecule has 0 saturated heterocycles. The van der Waals surface area contributed by atoms with Gasteiger partial charge in [-0.15, -0.1) is 0 Å². The van der Waals surface area contributed by atoms with Crippen molar-refractivity contribution < 1.29 is 19.1 Å². The third-order valence-corrected chi connectivity index (χ3v) is 4.36. The molecule has 1 heterocycles. The van der Waals surface area contributed by atoms with E-state index in [4.69, 9.17) is 4.74 Å². The van der Waals surface area contributed by atoms with Gasteiger partial charge in [0.15, 0.2) is 5.78 Å². The van der Waals surface area contributed by atoms with Gasteiger partial charge in [0, 0.05) is 12.6 Å². The molecule has 6 nitrogen and oxygen atoms in total. The van der Waals surface area contributed by atoms with Crippen LogP contribution in [0, 0.1) is 13.8 Å². The Labute approximate surface area is 152 Å². The lowest BCUT2D eigenvalue weighted by Crippen LogP contribution is -2.28. The molecule has 0 aliphatic carbocycles. The Morgan fingerprint density at radius 2 is 1.77 bits per heavy atom. The fourth-order valence-electron chi connectivity index (χ4n) is 2.91. The van der Waals surface area contributed by atoms with Crippen LogP contribution in [-0.2, 0) is 16.0 Å². The van der Waals surface area contributed by atoms with Crippen molar-refractivity contribution in [2.45, 2.75) is 40.2 Å². The van der Waals surface area contributed by atoms with Crippen LogP contribution < -0.4 is 5.32 Å². The predicted molar refractivity (Wildman–Crippen MR) is 98.3 cm³/mol. The van der Waals surface area contributed by atoms with Gasteiger partial charge in [0.2, 0.25) is 5.91 Å². The van der Waals surface area contributed by atoms with Gasteiger partial charge in [-0.1, -0.05) is 29.8 Å². The molecule has 0 saturated carbocycles. The summed E-state index contributed by atoms with van der Waals surface area (Å²) in [6, 6.07) is 7.73. The number of ether oxygens (including phenoxy) is 1. The van der Waals surface area contributed by atoms with Crippen molar-refractivity contribution in [2.75, 3.05) is 7.11 Å². The highest BCUT2D eigenvalue weighted by molar-refractivity contribution is 6.01. The van der Waals surface area contributed by atoms with Gasteiger partial charge in [0.1, 0.15) is 0 Å². The summed E-state index contributed by atoms with van der Waals surface area (Å²) >= 11 is 0. The summed E-state index contributed by atoms with van der Waals surface area (Å²) in [4.78, 5) is 39.2. The van der Waals surface area contributed by atoms with Crippen LogP contribution in [0.1, 0.15) is 63.1 Å². The molecule has 0 spiro atoms. The molecular weight excluding hydrogens is 332 g/mol. The van der Waals surface area contributed by atoms with Gasteiger partial charge < -0.3 is 15.0 Å². The minimum Gasteiger partial charge on any atom is -0.465 e. The molecule has 0 bridgehead atoms. The number of aromatic nitrogens is 1. The van der Waals surface area contributed by atoms with Crippen LogP contribution in [0.4, 0.5) is 0 Å². The lowest BCUT2D eigenvalue weighted by molar-refractivity contribution is -0.121. The van der Waals surface area contributed by atoms with Gasteiger partial charge >= 0.3 is 5.97 Å². The van der Waals surface area contributed by atoms with Crippen LogP contribution in [0.15, 0.2) is 24.3 Å². The van der Waals surface area contributed by atoms with Crippen LogP contribution in [0.2, 0.25) is 0 Å². The summed E-state index contributed by atoms with van der Waals surface area (Å²) in [7, 11) is 1.27. The molecule has 1 unspecified atom stereocenters. The highest BCUT2D eigenvalue weighted by Crippen LogP contribution is 2.21. The Morgan fingerprint density at radius 3 is 2.31 bits per heavy atom.